The van der Waals surface area contributed by atoms with Crippen LogP contribution < -0.4 is 4.74 Å². The number of carbonyl (C=O) groups is 1. The van der Waals surface area contributed by atoms with Crippen LogP contribution >= 0.6 is 0 Å². The minimum Gasteiger partial charge on any atom is -0.497 e. The van der Waals surface area contributed by atoms with E-state index in [1.54, 1.807) is 13.2 Å². The van der Waals surface area contributed by atoms with Gasteiger partial charge in [0.2, 0.25) is 0 Å². The van der Waals surface area contributed by atoms with Crippen molar-refractivity contribution in [2.24, 2.45) is 0 Å². The van der Waals surface area contributed by atoms with Gasteiger partial charge in [-0.3, -0.25) is 4.79 Å². The highest BCUT2D eigenvalue weighted by Gasteiger charge is 2.32. The van der Waals surface area contributed by atoms with E-state index in [1.165, 1.54) is 11.1 Å². The van der Waals surface area contributed by atoms with E-state index < -0.39 is 0 Å². The summed E-state index contributed by atoms with van der Waals surface area (Å²) in [6, 6.07) is 17.7. The van der Waals surface area contributed by atoms with E-state index in [-0.39, 0.29) is 11.9 Å². The molecule has 5 nitrogen and oxygen atoms in total. The van der Waals surface area contributed by atoms with Crippen LogP contribution in [0.15, 0.2) is 59.1 Å². The summed E-state index contributed by atoms with van der Waals surface area (Å²) in [7, 11) is 1.63. The molecule has 1 fully saturated rings. The third-order valence-electron chi connectivity index (χ3n) is 5.08. The molecule has 1 aliphatic rings. The first-order valence-corrected chi connectivity index (χ1v) is 9.14. The molecule has 1 saturated heterocycles. The predicted octanol–water partition coefficient (Wildman–Crippen LogP) is 4.64. The van der Waals surface area contributed by atoms with Crippen molar-refractivity contribution in [3.63, 3.8) is 0 Å². The first-order chi connectivity index (χ1) is 13.2. The van der Waals surface area contributed by atoms with Crippen molar-refractivity contribution >= 4 is 5.91 Å². The van der Waals surface area contributed by atoms with Crippen LogP contribution in [0, 0.1) is 6.92 Å². The third kappa shape index (κ3) is 3.45. The molecular weight excluding hydrogens is 340 g/mol. The fourth-order valence-electron chi connectivity index (χ4n) is 3.56. The Morgan fingerprint density at radius 1 is 1.15 bits per heavy atom. The number of hydrogen-bond donors (Lipinski definition) is 0. The zero-order valence-electron chi connectivity index (χ0n) is 15.5. The number of aryl methyl sites for hydroxylation is 1. The Morgan fingerprint density at radius 2 is 1.89 bits per heavy atom. The van der Waals surface area contributed by atoms with Crippen LogP contribution in [0.2, 0.25) is 0 Å². The number of aromatic nitrogens is 1. The van der Waals surface area contributed by atoms with Gasteiger partial charge in [0.1, 0.15) is 5.75 Å². The van der Waals surface area contributed by atoms with Crippen molar-refractivity contribution < 1.29 is 14.1 Å². The summed E-state index contributed by atoms with van der Waals surface area (Å²) in [4.78, 5) is 14.9. The average molecular weight is 362 g/mol. The number of likely N-dealkylation sites (tertiary alicyclic amines) is 1. The van der Waals surface area contributed by atoms with E-state index in [2.05, 4.69) is 36.3 Å². The van der Waals surface area contributed by atoms with Crippen molar-refractivity contribution in [2.75, 3.05) is 13.7 Å². The number of amides is 1. The van der Waals surface area contributed by atoms with Gasteiger partial charge in [0, 0.05) is 18.2 Å². The van der Waals surface area contributed by atoms with Gasteiger partial charge in [-0.2, -0.15) is 0 Å². The Morgan fingerprint density at radius 3 is 2.59 bits per heavy atom. The van der Waals surface area contributed by atoms with Crippen molar-refractivity contribution in [3.8, 4) is 17.1 Å². The van der Waals surface area contributed by atoms with E-state index in [1.807, 2.05) is 29.2 Å². The molecule has 0 unspecified atom stereocenters. The van der Waals surface area contributed by atoms with Gasteiger partial charge in [-0.15, -0.1) is 0 Å². The zero-order valence-corrected chi connectivity index (χ0v) is 15.5. The fraction of sp³-hybridized carbons (Fsp3) is 0.273. The van der Waals surface area contributed by atoms with E-state index in [0.717, 1.165) is 30.7 Å². The first kappa shape index (κ1) is 17.3. The van der Waals surface area contributed by atoms with Crippen LogP contribution in [0.3, 0.4) is 0 Å². The summed E-state index contributed by atoms with van der Waals surface area (Å²) in [6.07, 6.45) is 1.96. The Balaban J connectivity index is 1.55. The van der Waals surface area contributed by atoms with Crippen LogP contribution in [0.1, 0.15) is 40.5 Å². The smallest absolute Gasteiger partial charge is 0.276 e. The largest absolute Gasteiger partial charge is 0.497 e. The Labute approximate surface area is 158 Å². The Kier molecular flexibility index (Phi) is 4.67. The van der Waals surface area contributed by atoms with Crippen LogP contribution in [0.4, 0.5) is 0 Å². The summed E-state index contributed by atoms with van der Waals surface area (Å²) in [5, 5.41) is 4.02. The van der Waals surface area contributed by atoms with Gasteiger partial charge < -0.3 is 14.2 Å². The standard InChI is InChI=1S/C22H22N2O3/c1-15-5-7-16(8-6-15)20-4-3-13-24(20)22(25)19-14-21(27-23-19)17-9-11-18(26-2)12-10-17/h5-12,14,20H,3-4,13H2,1-2H3/t20-/m1/s1. The maximum atomic E-state index is 13.0. The number of carbonyl (C=O) groups excluding carboxylic acids is 1. The van der Waals surface area contributed by atoms with Crippen LogP contribution in [0.25, 0.3) is 11.3 Å². The molecule has 2 heterocycles. The molecule has 0 spiro atoms. The van der Waals surface area contributed by atoms with E-state index in [0.29, 0.717) is 11.5 Å². The highest BCUT2D eigenvalue weighted by molar-refractivity contribution is 5.93. The Bertz CT molecular complexity index is 929. The van der Waals surface area contributed by atoms with Crippen LogP contribution in [-0.2, 0) is 0 Å². The number of ether oxygens (including phenoxy) is 1. The van der Waals surface area contributed by atoms with Gasteiger partial charge in [0.25, 0.3) is 5.91 Å². The number of benzene rings is 2. The lowest BCUT2D eigenvalue weighted by Crippen LogP contribution is -2.30. The quantitative estimate of drug-likeness (QED) is 0.679. The molecule has 5 heteroatoms. The normalized spacial score (nSPS) is 16.5. The van der Waals surface area contributed by atoms with Gasteiger partial charge in [0.05, 0.1) is 13.2 Å². The molecule has 1 atom stereocenters. The second-order valence-corrected chi connectivity index (χ2v) is 6.87. The van der Waals surface area contributed by atoms with Crippen molar-refractivity contribution in [3.05, 3.63) is 71.4 Å². The van der Waals surface area contributed by atoms with Gasteiger partial charge in [-0.05, 0) is 49.6 Å². The van der Waals surface area contributed by atoms with Gasteiger partial charge in [-0.1, -0.05) is 35.0 Å². The number of methoxy groups -OCH3 is 1. The summed E-state index contributed by atoms with van der Waals surface area (Å²) in [6.45, 7) is 2.81. The molecule has 2 aromatic carbocycles. The molecule has 0 N–H and O–H groups in total. The zero-order chi connectivity index (χ0) is 18.8. The Hall–Kier alpha value is -3.08. The molecule has 1 aliphatic heterocycles. The first-order valence-electron chi connectivity index (χ1n) is 9.14. The lowest BCUT2D eigenvalue weighted by Gasteiger charge is -2.24. The molecule has 4 rings (SSSR count). The SMILES string of the molecule is COc1ccc(-c2cc(C(=O)N3CCC[C@@H]3c3ccc(C)cc3)no2)cc1. The fourth-order valence-corrected chi connectivity index (χ4v) is 3.56. The molecule has 27 heavy (non-hydrogen) atoms. The van der Waals surface area contributed by atoms with E-state index >= 15 is 0 Å². The monoisotopic (exact) mass is 362 g/mol. The van der Waals surface area contributed by atoms with Gasteiger partial charge >= 0.3 is 0 Å². The molecule has 0 aliphatic carbocycles. The molecule has 1 amide bonds. The average Bonchev–Trinajstić information content (AvgIpc) is 3.38. The molecule has 1 aromatic heterocycles. The topological polar surface area (TPSA) is 55.6 Å². The third-order valence-corrected chi connectivity index (χ3v) is 5.08. The summed E-state index contributed by atoms with van der Waals surface area (Å²) in [5.41, 5.74) is 3.60. The van der Waals surface area contributed by atoms with E-state index in [9.17, 15) is 4.79 Å². The van der Waals surface area contributed by atoms with Crippen molar-refractivity contribution in [1.29, 1.82) is 0 Å². The second-order valence-electron chi connectivity index (χ2n) is 6.87. The second kappa shape index (κ2) is 7.27. The minimum absolute atomic E-state index is 0.0819. The van der Waals surface area contributed by atoms with Crippen LogP contribution in [0.5, 0.6) is 5.75 Å². The molecule has 0 saturated carbocycles. The summed E-state index contributed by atoms with van der Waals surface area (Å²) in [5.74, 6) is 1.27. The maximum Gasteiger partial charge on any atom is 0.276 e. The van der Waals surface area contributed by atoms with Gasteiger partial charge in [0.15, 0.2) is 11.5 Å². The predicted molar refractivity (Wildman–Crippen MR) is 103 cm³/mol. The van der Waals surface area contributed by atoms with E-state index in [4.69, 9.17) is 9.26 Å². The molecular formula is C22H22N2O3. The molecule has 138 valence electrons. The van der Waals surface area contributed by atoms with Crippen LogP contribution in [-0.4, -0.2) is 29.6 Å². The lowest BCUT2D eigenvalue weighted by atomic mass is 10.0. The maximum absolute atomic E-state index is 13.0. The summed E-state index contributed by atoms with van der Waals surface area (Å²) >= 11 is 0. The van der Waals surface area contributed by atoms with Crippen molar-refractivity contribution in [2.45, 2.75) is 25.8 Å². The molecule has 0 radical (unpaired) electrons. The number of rotatable bonds is 4. The number of hydrogen-bond acceptors (Lipinski definition) is 4. The summed E-state index contributed by atoms with van der Waals surface area (Å²) < 4.78 is 10.6. The molecule has 3 aromatic rings. The minimum atomic E-state index is -0.0819. The highest BCUT2D eigenvalue weighted by Crippen LogP contribution is 2.33. The van der Waals surface area contributed by atoms with Crippen molar-refractivity contribution in [1.82, 2.24) is 10.1 Å². The molecule has 0 bridgehead atoms. The lowest BCUT2D eigenvalue weighted by molar-refractivity contribution is 0.0725. The highest BCUT2D eigenvalue weighted by atomic mass is 16.5. The number of nitrogens with zero attached hydrogens (tertiary/aromatic N) is 2. The van der Waals surface area contributed by atoms with Gasteiger partial charge in [-0.25, -0.2) is 0 Å².